The van der Waals surface area contributed by atoms with Gasteiger partial charge in [0.1, 0.15) is 11.0 Å². The Morgan fingerprint density at radius 2 is 1.87 bits per heavy atom. The summed E-state index contributed by atoms with van der Waals surface area (Å²) < 4.78 is 23.2. The number of benzene rings is 1. The first-order chi connectivity index (χ1) is 11.1. The summed E-state index contributed by atoms with van der Waals surface area (Å²) in [5.74, 6) is 2.48. The van der Waals surface area contributed by atoms with E-state index in [0.717, 1.165) is 36.5 Å². The van der Waals surface area contributed by atoms with E-state index < -0.39 is 11.2 Å². The van der Waals surface area contributed by atoms with E-state index in [1.807, 2.05) is 6.07 Å². The van der Waals surface area contributed by atoms with Gasteiger partial charge >= 0.3 is 0 Å². The van der Waals surface area contributed by atoms with Crippen molar-refractivity contribution in [2.24, 2.45) is 0 Å². The second-order valence-electron chi connectivity index (χ2n) is 6.48. The van der Waals surface area contributed by atoms with Crippen LogP contribution >= 0.6 is 0 Å². The van der Waals surface area contributed by atoms with Crippen molar-refractivity contribution in [3.8, 4) is 11.5 Å². The first kappa shape index (κ1) is 18.5. The lowest BCUT2D eigenvalue weighted by Gasteiger charge is -2.18. The van der Waals surface area contributed by atoms with E-state index in [4.69, 9.17) is 9.47 Å². The molecule has 0 aromatic heterocycles. The van der Waals surface area contributed by atoms with Gasteiger partial charge in [0.2, 0.25) is 6.79 Å². The monoisotopic (exact) mass is 338 g/mol. The molecule has 0 fully saturated rings. The highest BCUT2D eigenvalue weighted by atomic mass is 32.2. The topological polar surface area (TPSA) is 41.5 Å². The van der Waals surface area contributed by atoms with E-state index in [-0.39, 0.29) is 0 Å². The van der Waals surface area contributed by atoms with Crippen LogP contribution in [-0.4, -0.2) is 22.3 Å². The first-order valence-electron chi connectivity index (χ1n) is 8.88. The molecule has 0 aliphatic carbocycles. The third kappa shape index (κ3) is 5.61. The molecule has 2 atom stereocenters. The molecule has 3 nitrogen and oxygen atoms in total. The van der Waals surface area contributed by atoms with Gasteiger partial charge in [-0.2, -0.15) is 0 Å². The molecule has 1 aliphatic heterocycles. The maximum absolute atomic E-state index is 12.3. The molecule has 1 aromatic rings. The maximum Gasteiger partial charge on any atom is 0.231 e. The Morgan fingerprint density at radius 1 is 1.13 bits per heavy atom. The molecule has 2 unspecified atom stereocenters. The van der Waals surface area contributed by atoms with Gasteiger partial charge in [0, 0.05) is 0 Å². The number of hydrogen-bond acceptors (Lipinski definition) is 3. The lowest BCUT2D eigenvalue weighted by molar-refractivity contribution is 0.174. The minimum absolute atomic E-state index is 0.317. The molecule has 0 saturated heterocycles. The van der Waals surface area contributed by atoms with Gasteiger partial charge in [-0.05, 0) is 62.8 Å². The van der Waals surface area contributed by atoms with Gasteiger partial charge < -0.3 is 14.0 Å². The molecule has 1 aliphatic rings. The minimum Gasteiger partial charge on any atom is -0.616 e. The van der Waals surface area contributed by atoms with E-state index in [1.54, 1.807) is 0 Å². The van der Waals surface area contributed by atoms with Crippen molar-refractivity contribution in [1.29, 1.82) is 0 Å². The van der Waals surface area contributed by atoms with E-state index >= 15 is 0 Å². The van der Waals surface area contributed by atoms with Gasteiger partial charge in [0.15, 0.2) is 11.5 Å². The Hall–Kier alpha value is -0.870. The molecule has 2 rings (SSSR count). The highest BCUT2D eigenvalue weighted by Crippen LogP contribution is 2.35. The van der Waals surface area contributed by atoms with E-state index in [2.05, 4.69) is 26.8 Å². The summed E-state index contributed by atoms with van der Waals surface area (Å²) in [6.07, 6.45) is 8.05. The van der Waals surface area contributed by atoms with Crippen molar-refractivity contribution in [2.75, 3.05) is 12.5 Å². The summed E-state index contributed by atoms with van der Waals surface area (Å²) in [4.78, 5) is 0. The molecule has 23 heavy (non-hydrogen) atoms. The van der Waals surface area contributed by atoms with Crippen molar-refractivity contribution in [3.63, 3.8) is 0 Å². The van der Waals surface area contributed by atoms with E-state index in [1.165, 1.54) is 36.8 Å². The second-order valence-corrected chi connectivity index (χ2v) is 8.45. The second kappa shape index (κ2) is 9.43. The Morgan fingerprint density at radius 3 is 2.61 bits per heavy atom. The number of ether oxygens (including phenoxy) is 2. The minimum atomic E-state index is -0.706. The average molecular weight is 339 g/mol. The lowest BCUT2D eigenvalue weighted by Crippen LogP contribution is -2.21. The zero-order valence-electron chi connectivity index (χ0n) is 14.7. The normalized spacial score (nSPS) is 15.7. The van der Waals surface area contributed by atoms with E-state index in [0.29, 0.717) is 12.0 Å². The maximum atomic E-state index is 12.3. The summed E-state index contributed by atoms with van der Waals surface area (Å²) in [5, 5.41) is 0.324. The number of fused-ring (bicyclic) bond motifs is 1. The predicted octanol–water partition coefficient (Wildman–Crippen LogP) is 4.76. The number of hydrogen-bond donors (Lipinski definition) is 0. The Balaban J connectivity index is 1.72. The first-order valence-corrected chi connectivity index (χ1v) is 10.3. The fourth-order valence-corrected chi connectivity index (χ4v) is 4.21. The molecule has 4 heteroatoms. The van der Waals surface area contributed by atoms with Gasteiger partial charge in [-0.15, -0.1) is 0 Å². The van der Waals surface area contributed by atoms with Gasteiger partial charge in [-0.25, -0.2) is 0 Å². The van der Waals surface area contributed by atoms with Crippen LogP contribution in [0.5, 0.6) is 11.5 Å². The van der Waals surface area contributed by atoms with Crippen LogP contribution < -0.4 is 9.47 Å². The van der Waals surface area contributed by atoms with Crippen LogP contribution in [-0.2, 0) is 17.6 Å². The third-order valence-corrected chi connectivity index (χ3v) is 6.36. The van der Waals surface area contributed by atoms with Crippen molar-refractivity contribution < 1.29 is 14.0 Å². The van der Waals surface area contributed by atoms with Crippen molar-refractivity contribution >= 4 is 11.2 Å². The Bertz CT molecular complexity index is 490. The van der Waals surface area contributed by atoms with Crippen LogP contribution in [0.15, 0.2) is 12.1 Å². The highest BCUT2D eigenvalue weighted by Gasteiger charge is 2.18. The molecule has 0 radical (unpaired) electrons. The lowest BCUT2D eigenvalue weighted by atomic mass is 10.0. The van der Waals surface area contributed by atoms with Crippen LogP contribution in [0.2, 0.25) is 0 Å². The fourth-order valence-electron chi connectivity index (χ4n) is 2.95. The molecule has 0 saturated carbocycles. The molecule has 0 amide bonds. The van der Waals surface area contributed by atoms with E-state index in [9.17, 15) is 4.55 Å². The van der Waals surface area contributed by atoms with Crippen molar-refractivity contribution in [3.05, 3.63) is 23.3 Å². The molecule has 1 heterocycles. The summed E-state index contributed by atoms with van der Waals surface area (Å²) in [6.45, 7) is 6.77. The van der Waals surface area contributed by atoms with Crippen molar-refractivity contribution in [1.82, 2.24) is 0 Å². The van der Waals surface area contributed by atoms with Crippen molar-refractivity contribution in [2.45, 2.75) is 71.0 Å². The molecular weight excluding hydrogens is 308 g/mol. The molecule has 0 N–H and O–H groups in total. The quantitative estimate of drug-likeness (QED) is 0.456. The summed E-state index contributed by atoms with van der Waals surface area (Å²) in [7, 11) is 0. The largest absolute Gasteiger partial charge is 0.616 e. The molecule has 0 bridgehead atoms. The van der Waals surface area contributed by atoms with Crippen LogP contribution in [0.25, 0.3) is 0 Å². The Kier molecular flexibility index (Phi) is 7.57. The number of rotatable bonds is 10. The van der Waals surface area contributed by atoms with Crippen LogP contribution in [0, 0.1) is 6.92 Å². The Labute approximate surface area is 143 Å². The molecular formula is C19H30O3S. The third-order valence-electron chi connectivity index (χ3n) is 4.54. The number of aryl methyl sites for hydroxylation is 2. The summed E-state index contributed by atoms with van der Waals surface area (Å²) in [6, 6.07) is 4.12. The summed E-state index contributed by atoms with van der Waals surface area (Å²) in [5.41, 5.74) is 2.51. The molecule has 1 aromatic carbocycles. The van der Waals surface area contributed by atoms with Crippen LogP contribution in [0.4, 0.5) is 0 Å². The zero-order chi connectivity index (χ0) is 16.7. The number of unbranched alkanes of at least 4 members (excludes halogenated alkanes) is 3. The highest BCUT2D eigenvalue weighted by molar-refractivity contribution is 7.91. The zero-order valence-corrected chi connectivity index (χ0v) is 15.5. The predicted molar refractivity (Wildman–Crippen MR) is 96.9 cm³/mol. The van der Waals surface area contributed by atoms with Gasteiger partial charge in [0.05, 0.1) is 0 Å². The van der Waals surface area contributed by atoms with Crippen LogP contribution in [0.1, 0.15) is 63.5 Å². The molecule has 0 spiro atoms. The van der Waals surface area contributed by atoms with Gasteiger partial charge in [-0.1, -0.05) is 37.4 Å². The standard InChI is InChI=1S/C19H30O3S/c1-4-5-6-7-9-16(3)23(20)11-8-10-17-13-19-18(12-15(17)2)21-14-22-19/h12-13,16H,4-11,14H2,1-3H3. The van der Waals surface area contributed by atoms with Crippen LogP contribution in [0.3, 0.4) is 0 Å². The smallest absolute Gasteiger partial charge is 0.231 e. The SMILES string of the molecule is CCCCCCC(C)[S+]([O-])CCCc1cc2c(cc1C)OCO2. The fraction of sp³-hybridized carbons (Fsp3) is 0.684. The van der Waals surface area contributed by atoms with Gasteiger partial charge in [-0.3, -0.25) is 0 Å². The summed E-state index contributed by atoms with van der Waals surface area (Å²) >= 11 is -0.706. The molecule has 130 valence electrons. The average Bonchev–Trinajstić information content (AvgIpc) is 2.98. The van der Waals surface area contributed by atoms with Gasteiger partial charge in [0.25, 0.3) is 0 Å².